The van der Waals surface area contributed by atoms with Crippen molar-refractivity contribution in [2.24, 2.45) is 5.10 Å². The summed E-state index contributed by atoms with van der Waals surface area (Å²) in [6, 6.07) is 9.64. The average Bonchev–Trinajstić information content (AvgIpc) is 3.23. The van der Waals surface area contributed by atoms with Crippen LogP contribution in [0.25, 0.3) is 0 Å². The Hall–Kier alpha value is -3.58. The fraction of sp³-hybridized carbons (Fsp3) is 0.458. The number of hydrazone groups is 1. The van der Waals surface area contributed by atoms with Gasteiger partial charge < -0.3 is 14.2 Å². The number of aryl methyl sites for hydroxylation is 1. The fourth-order valence-corrected chi connectivity index (χ4v) is 4.44. The summed E-state index contributed by atoms with van der Waals surface area (Å²) in [5.41, 5.74) is 2.62. The van der Waals surface area contributed by atoms with Gasteiger partial charge in [0.25, 0.3) is 5.91 Å². The van der Waals surface area contributed by atoms with Gasteiger partial charge >= 0.3 is 23.9 Å². The van der Waals surface area contributed by atoms with Crippen LogP contribution in [-0.2, 0) is 11.2 Å². The highest BCUT2D eigenvalue weighted by molar-refractivity contribution is 6.06. The molecule has 38 heavy (non-hydrogen) atoms. The van der Waals surface area contributed by atoms with Gasteiger partial charge in [-0.2, -0.15) is 35.8 Å². The highest BCUT2D eigenvalue weighted by Gasteiger charge is 2.76. The highest BCUT2D eigenvalue weighted by Crippen LogP contribution is 2.46. The minimum atomic E-state index is -6.65. The molecular formula is C24H23F7N4O3. The van der Waals surface area contributed by atoms with Gasteiger partial charge in [0.05, 0.1) is 5.71 Å². The zero-order chi connectivity index (χ0) is 27.9. The predicted molar refractivity (Wildman–Crippen MR) is 122 cm³/mol. The number of rotatable bonds is 5. The van der Waals surface area contributed by atoms with Crippen molar-refractivity contribution in [1.82, 2.24) is 10.3 Å². The van der Waals surface area contributed by atoms with Crippen molar-refractivity contribution in [3.05, 3.63) is 53.0 Å². The van der Waals surface area contributed by atoms with Crippen molar-refractivity contribution in [3.63, 3.8) is 0 Å². The topological polar surface area (TPSA) is 78.2 Å². The maximum absolute atomic E-state index is 13.6. The monoisotopic (exact) mass is 548 g/mol. The lowest BCUT2D eigenvalue weighted by Crippen LogP contribution is -2.58. The van der Waals surface area contributed by atoms with E-state index in [0.717, 1.165) is 11.1 Å². The number of hydrogen-bond donors (Lipinski definition) is 1. The number of nitrogens with zero attached hydrogens (tertiary/aromatic N) is 3. The van der Waals surface area contributed by atoms with Crippen LogP contribution in [0.1, 0.15) is 40.3 Å². The zero-order valence-electron chi connectivity index (χ0n) is 20.0. The number of benzene rings is 1. The first-order chi connectivity index (χ1) is 17.8. The average molecular weight is 548 g/mol. The van der Waals surface area contributed by atoms with Gasteiger partial charge in [-0.3, -0.25) is 9.59 Å². The number of furan rings is 1. The molecule has 2 heterocycles. The number of carbonyl (C=O) groups excluding carboxylic acids is 2. The first kappa shape index (κ1) is 27.5. The van der Waals surface area contributed by atoms with E-state index in [-0.39, 0.29) is 29.2 Å². The molecule has 1 aliphatic carbocycles. The molecule has 206 valence electrons. The molecule has 0 bridgehead atoms. The lowest BCUT2D eigenvalue weighted by atomic mass is 9.93. The molecule has 4 rings (SSSR count). The highest BCUT2D eigenvalue weighted by atomic mass is 19.4. The van der Waals surface area contributed by atoms with E-state index < -0.39 is 29.8 Å². The zero-order valence-corrected chi connectivity index (χ0v) is 20.0. The van der Waals surface area contributed by atoms with Crippen LogP contribution in [-0.4, -0.2) is 66.6 Å². The number of alkyl halides is 7. The van der Waals surface area contributed by atoms with E-state index in [1.165, 1.54) is 6.92 Å². The molecule has 1 aliphatic heterocycles. The van der Waals surface area contributed by atoms with E-state index >= 15 is 0 Å². The summed E-state index contributed by atoms with van der Waals surface area (Å²) in [5.74, 6) is -15.8. The van der Waals surface area contributed by atoms with Crippen molar-refractivity contribution in [3.8, 4) is 0 Å². The number of anilines is 1. The Bertz CT molecular complexity index is 1230. The molecule has 7 nitrogen and oxygen atoms in total. The second-order valence-corrected chi connectivity index (χ2v) is 8.97. The second kappa shape index (κ2) is 9.95. The Morgan fingerprint density at radius 1 is 0.947 bits per heavy atom. The van der Waals surface area contributed by atoms with Crippen LogP contribution in [0.2, 0.25) is 0 Å². The minimum absolute atomic E-state index is 0.0157. The summed E-state index contributed by atoms with van der Waals surface area (Å²) in [4.78, 5) is 28.5. The van der Waals surface area contributed by atoms with Gasteiger partial charge in [0, 0.05) is 49.4 Å². The molecule has 0 unspecified atom stereocenters. The molecule has 1 aromatic heterocycles. The van der Waals surface area contributed by atoms with Gasteiger partial charge in [-0.05, 0) is 31.9 Å². The van der Waals surface area contributed by atoms with Crippen molar-refractivity contribution in [2.45, 2.75) is 44.2 Å². The molecule has 2 aromatic rings. The molecule has 2 amide bonds. The first-order valence-electron chi connectivity index (χ1n) is 11.7. The summed E-state index contributed by atoms with van der Waals surface area (Å²) in [6.45, 7) is 3.47. The van der Waals surface area contributed by atoms with E-state index in [1.54, 1.807) is 4.90 Å². The summed E-state index contributed by atoms with van der Waals surface area (Å²) in [5, 5.41) is 3.42. The third kappa shape index (κ3) is 4.83. The minimum Gasteiger partial charge on any atom is -0.455 e. The molecule has 0 spiro atoms. The third-order valence-electron chi connectivity index (χ3n) is 6.54. The lowest BCUT2D eigenvalue weighted by molar-refractivity contribution is -0.344. The number of para-hydroxylation sites is 1. The molecule has 0 saturated carbocycles. The SMILES string of the molecule is Cc1c(C(=O)N2CCN(c3ccccc3)CC2)oc2c1/C(=N/NC(=O)C(F)(F)C(F)(F)C(F)(F)F)CCC2. The fourth-order valence-electron chi connectivity index (χ4n) is 4.44. The lowest BCUT2D eigenvalue weighted by Gasteiger charge is -2.35. The molecule has 0 atom stereocenters. The quantitative estimate of drug-likeness (QED) is 0.440. The summed E-state index contributed by atoms with van der Waals surface area (Å²) >= 11 is 0. The van der Waals surface area contributed by atoms with E-state index in [0.29, 0.717) is 44.6 Å². The van der Waals surface area contributed by atoms with Crippen LogP contribution in [0.5, 0.6) is 0 Å². The first-order valence-corrected chi connectivity index (χ1v) is 11.7. The Kier molecular flexibility index (Phi) is 7.19. The standard InChI is InChI=1S/C24H23F7N4O3/c1-14-18-16(32-33-21(37)22(25,26)23(27,28)24(29,30)31)8-5-9-17(18)38-19(14)20(36)35-12-10-34(11-13-35)15-6-3-2-4-7-15/h2-4,6-7H,5,8-13H2,1H3,(H,33,37)/b32-16+. The molecular weight excluding hydrogens is 525 g/mol. The Balaban J connectivity index is 1.50. The number of nitrogens with one attached hydrogen (secondary N) is 1. The molecule has 1 fully saturated rings. The number of hydrogen-bond acceptors (Lipinski definition) is 5. The Morgan fingerprint density at radius 2 is 1.58 bits per heavy atom. The van der Waals surface area contributed by atoms with Gasteiger partial charge in [0.2, 0.25) is 0 Å². The van der Waals surface area contributed by atoms with Crippen molar-refractivity contribution < 1.29 is 44.7 Å². The van der Waals surface area contributed by atoms with Crippen LogP contribution in [0.15, 0.2) is 39.9 Å². The predicted octanol–water partition coefficient (Wildman–Crippen LogP) is 4.54. The van der Waals surface area contributed by atoms with Crippen LogP contribution in [0.3, 0.4) is 0 Å². The molecule has 1 N–H and O–H groups in total. The number of fused-ring (bicyclic) bond motifs is 1. The molecule has 2 aliphatic rings. The van der Waals surface area contributed by atoms with Gasteiger partial charge in [-0.1, -0.05) is 18.2 Å². The normalized spacial score (nSPS) is 17.9. The molecule has 1 aromatic carbocycles. The second-order valence-electron chi connectivity index (χ2n) is 8.97. The summed E-state index contributed by atoms with van der Waals surface area (Å²) in [7, 11) is 0. The van der Waals surface area contributed by atoms with Crippen LogP contribution in [0, 0.1) is 6.92 Å². The Morgan fingerprint density at radius 3 is 2.18 bits per heavy atom. The Labute approximate surface area is 212 Å². The van der Waals surface area contributed by atoms with Crippen molar-refractivity contribution >= 4 is 23.2 Å². The number of amides is 2. The maximum atomic E-state index is 13.6. The van der Waals surface area contributed by atoms with E-state index in [1.807, 2.05) is 30.3 Å². The van der Waals surface area contributed by atoms with Gasteiger partial charge in [-0.25, -0.2) is 5.43 Å². The number of carbonyl (C=O) groups is 2. The summed E-state index contributed by atoms with van der Waals surface area (Å²) in [6.07, 6.45) is -5.87. The van der Waals surface area contributed by atoms with Crippen LogP contribution < -0.4 is 10.3 Å². The number of halogens is 7. The van der Waals surface area contributed by atoms with Gasteiger partial charge in [0.15, 0.2) is 5.76 Å². The maximum Gasteiger partial charge on any atom is 0.460 e. The van der Waals surface area contributed by atoms with Crippen LogP contribution >= 0.6 is 0 Å². The van der Waals surface area contributed by atoms with Gasteiger partial charge in [-0.15, -0.1) is 0 Å². The van der Waals surface area contributed by atoms with E-state index in [9.17, 15) is 40.3 Å². The third-order valence-corrected chi connectivity index (χ3v) is 6.54. The van der Waals surface area contributed by atoms with E-state index in [2.05, 4.69) is 10.0 Å². The largest absolute Gasteiger partial charge is 0.460 e. The molecule has 0 radical (unpaired) electrons. The summed E-state index contributed by atoms with van der Waals surface area (Å²) < 4.78 is 96.5. The smallest absolute Gasteiger partial charge is 0.455 e. The number of piperazine rings is 1. The van der Waals surface area contributed by atoms with Crippen molar-refractivity contribution in [2.75, 3.05) is 31.1 Å². The molecule has 1 saturated heterocycles. The van der Waals surface area contributed by atoms with Crippen molar-refractivity contribution in [1.29, 1.82) is 0 Å². The van der Waals surface area contributed by atoms with Crippen LogP contribution in [0.4, 0.5) is 36.4 Å². The van der Waals surface area contributed by atoms with E-state index in [4.69, 9.17) is 4.42 Å². The molecule has 14 heteroatoms. The van der Waals surface area contributed by atoms with Gasteiger partial charge in [0.1, 0.15) is 5.76 Å².